The first kappa shape index (κ1) is 25.9. The van der Waals surface area contributed by atoms with Crippen molar-refractivity contribution in [3.63, 3.8) is 0 Å². The van der Waals surface area contributed by atoms with Gasteiger partial charge in [0.2, 0.25) is 10.0 Å². The first-order valence-corrected chi connectivity index (χ1v) is 15.6. The maximum absolute atomic E-state index is 14.8. The molecule has 4 aromatic carbocycles. The van der Waals surface area contributed by atoms with Crippen molar-refractivity contribution in [2.24, 2.45) is 0 Å². The molecule has 7 nitrogen and oxygen atoms in total. The highest BCUT2D eigenvalue weighted by Crippen LogP contribution is 2.44. The lowest BCUT2D eigenvalue weighted by atomic mass is 10.3. The second kappa shape index (κ2) is 10.0. The quantitative estimate of drug-likeness (QED) is 0.346. The SMILES string of the molecule is CN(C)S(=O)(=O)c1ccc(S(=O)(=O)Nc2ccccc2P(=O)(c2ccccc2)c2ccccc2)cc1. The lowest BCUT2D eigenvalue weighted by Gasteiger charge is -2.23. The molecule has 0 aliphatic rings. The molecule has 0 radical (unpaired) electrons. The molecule has 4 rings (SSSR count). The van der Waals surface area contributed by atoms with Crippen molar-refractivity contribution in [2.45, 2.75) is 9.79 Å². The average molecular weight is 541 g/mol. The normalized spacial score (nSPS) is 12.4. The summed E-state index contributed by atoms with van der Waals surface area (Å²) in [6.45, 7) is 0. The van der Waals surface area contributed by atoms with E-state index in [0.717, 1.165) is 4.31 Å². The molecular weight excluding hydrogens is 515 g/mol. The van der Waals surface area contributed by atoms with Crippen LogP contribution in [0.4, 0.5) is 5.69 Å². The summed E-state index contributed by atoms with van der Waals surface area (Å²) in [6, 6.07) is 29.4. The van der Waals surface area contributed by atoms with Crippen LogP contribution in [-0.2, 0) is 24.6 Å². The smallest absolute Gasteiger partial charge is 0.261 e. The predicted octanol–water partition coefficient (Wildman–Crippen LogP) is 3.38. The molecule has 0 saturated carbocycles. The Morgan fingerprint density at radius 3 is 1.56 bits per heavy atom. The van der Waals surface area contributed by atoms with Crippen LogP contribution in [0.1, 0.15) is 0 Å². The number of nitrogens with one attached hydrogen (secondary N) is 1. The van der Waals surface area contributed by atoms with E-state index in [9.17, 15) is 21.4 Å². The van der Waals surface area contributed by atoms with Gasteiger partial charge < -0.3 is 4.57 Å². The summed E-state index contributed by atoms with van der Waals surface area (Å²) in [6.07, 6.45) is 0. The molecule has 0 amide bonds. The highest BCUT2D eigenvalue weighted by molar-refractivity contribution is 7.93. The first-order valence-electron chi connectivity index (χ1n) is 10.9. The van der Waals surface area contributed by atoms with Crippen LogP contribution in [0, 0.1) is 0 Å². The van der Waals surface area contributed by atoms with Crippen LogP contribution in [0.15, 0.2) is 119 Å². The molecule has 1 N–H and O–H groups in total. The van der Waals surface area contributed by atoms with E-state index in [4.69, 9.17) is 0 Å². The van der Waals surface area contributed by atoms with Crippen LogP contribution in [0.3, 0.4) is 0 Å². The van der Waals surface area contributed by atoms with Gasteiger partial charge in [-0.05, 0) is 36.4 Å². The minimum Gasteiger partial charge on any atom is -0.309 e. The third-order valence-electron chi connectivity index (χ3n) is 5.64. The molecule has 0 atom stereocenters. The second-order valence-corrected chi connectivity index (χ2v) is 14.7. The number of nitrogens with zero attached hydrogens (tertiary/aromatic N) is 1. The van der Waals surface area contributed by atoms with Gasteiger partial charge in [0.05, 0.1) is 15.5 Å². The zero-order valence-electron chi connectivity index (χ0n) is 19.6. The van der Waals surface area contributed by atoms with Crippen LogP contribution in [0.2, 0.25) is 0 Å². The summed E-state index contributed by atoms with van der Waals surface area (Å²) >= 11 is 0. The molecule has 0 aliphatic heterocycles. The summed E-state index contributed by atoms with van der Waals surface area (Å²) in [7, 11) is -8.47. The number of rotatable bonds is 8. The van der Waals surface area contributed by atoms with E-state index in [0.29, 0.717) is 15.9 Å². The highest BCUT2D eigenvalue weighted by atomic mass is 32.2. The Labute approximate surface area is 211 Å². The Balaban J connectivity index is 1.80. The Hall–Kier alpha value is -3.23. The van der Waals surface area contributed by atoms with Crippen molar-refractivity contribution in [3.8, 4) is 0 Å². The third kappa shape index (κ3) is 4.88. The van der Waals surface area contributed by atoms with Gasteiger partial charge in [-0.1, -0.05) is 72.8 Å². The fourth-order valence-corrected chi connectivity index (χ4v) is 8.60. The van der Waals surface area contributed by atoms with Gasteiger partial charge in [-0.15, -0.1) is 0 Å². The number of benzene rings is 4. The summed E-state index contributed by atoms with van der Waals surface area (Å²) in [5.41, 5.74) is 0.179. The van der Waals surface area contributed by atoms with Gasteiger partial charge in [-0.3, -0.25) is 4.72 Å². The number of sulfonamides is 2. The first-order chi connectivity index (χ1) is 17.1. The van der Waals surface area contributed by atoms with E-state index in [1.54, 1.807) is 72.8 Å². The summed E-state index contributed by atoms with van der Waals surface area (Å²) in [4.78, 5) is -0.145. The van der Waals surface area contributed by atoms with E-state index < -0.39 is 27.2 Å². The molecule has 10 heteroatoms. The lowest BCUT2D eigenvalue weighted by Crippen LogP contribution is -2.28. The number of anilines is 1. The molecule has 0 aromatic heterocycles. The Bertz CT molecular complexity index is 1580. The lowest BCUT2D eigenvalue weighted by molar-refractivity contribution is 0.520. The molecule has 186 valence electrons. The molecule has 0 fully saturated rings. The predicted molar refractivity (Wildman–Crippen MR) is 144 cm³/mol. The molecule has 36 heavy (non-hydrogen) atoms. The minimum absolute atomic E-state index is 0.0236. The number of hydrogen-bond acceptors (Lipinski definition) is 5. The zero-order chi connectivity index (χ0) is 26.0. The molecule has 0 aliphatic carbocycles. The summed E-state index contributed by atoms with van der Waals surface area (Å²) in [5, 5.41) is 1.49. The molecule has 0 bridgehead atoms. The van der Waals surface area contributed by atoms with E-state index in [1.807, 2.05) is 12.1 Å². The van der Waals surface area contributed by atoms with Crippen molar-refractivity contribution in [1.29, 1.82) is 0 Å². The van der Waals surface area contributed by atoms with Crippen LogP contribution in [-0.4, -0.2) is 35.2 Å². The van der Waals surface area contributed by atoms with Gasteiger partial charge in [0, 0.05) is 30.0 Å². The van der Waals surface area contributed by atoms with Crippen LogP contribution >= 0.6 is 7.14 Å². The molecule has 0 spiro atoms. The van der Waals surface area contributed by atoms with Crippen molar-refractivity contribution in [1.82, 2.24) is 4.31 Å². The summed E-state index contributed by atoms with van der Waals surface area (Å²) < 4.78 is 69.6. The van der Waals surface area contributed by atoms with Gasteiger partial charge in [0.25, 0.3) is 10.0 Å². The number of hydrogen-bond donors (Lipinski definition) is 1. The van der Waals surface area contributed by atoms with Gasteiger partial charge in [0.1, 0.15) is 0 Å². The third-order valence-corrected chi connectivity index (χ3v) is 12.0. The van der Waals surface area contributed by atoms with Gasteiger partial charge >= 0.3 is 0 Å². The standard InChI is InChI=1S/C26H25N2O5PS2/c1-28(2)36(32,33)24-19-17-23(18-20-24)35(30,31)27-25-15-9-10-16-26(25)34(29,21-11-5-3-6-12-21)22-13-7-4-8-14-22/h3-20,27H,1-2H3. The van der Waals surface area contributed by atoms with Crippen molar-refractivity contribution < 1.29 is 21.4 Å². The minimum atomic E-state index is -4.12. The molecule has 0 saturated heterocycles. The van der Waals surface area contributed by atoms with Crippen LogP contribution < -0.4 is 20.6 Å². The van der Waals surface area contributed by atoms with Crippen LogP contribution in [0.5, 0.6) is 0 Å². The fourth-order valence-electron chi connectivity index (χ4n) is 3.74. The second-order valence-electron chi connectivity index (χ2n) is 8.16. The van der Waals surface area contributed by atoms with Gasteiger partial charge in [0.15, 0.2) is 7.14 Å². The maximum atomic E-state index is 14.8. The monoisotopic (exact) mass is 540 g/mol. The van der Waals surface area contributed by atoms with Crippen molar-refractivity contribution >= 4 is 48.8 Å². The van der Waals surface area contributed by atoms with E-state index >= 15 is 0 Å². The van der Waals surface area contributed by atoms with E-state index in [1.165, 1.54) is 38.4 Å². The topological polar surface area (TPSA) is 101 Å². The van der Waals surface area contributed by atoms with Gasteiger partial charge in [-0.2, -0.15) is 0 Å². The van der Waals surface area contributed by atoms with Gasteiger partial charge in [-0.25, -0.2) is 21.1 Å². The zero-order valence-corrected chi connectivity index (χ0v) is 22.2. The van der Waals surface area contributed by atoms with Crippen LogP contribution in [0.25, 0.3) is 0 Å². The van der Waals surface area contributed by atoms with Crippen molar-refractivity contribution in [3.05, 3.63) is 109 Å². The Morgan fingerprint density at radius 1 is 0.611 bits per heavy atom. The fraction of sp³-hybridized carbons (Fsp3) is 0.0769. The molecule has 0 unspecified atom stereocenters. The van der Waals surface area contributed by atoms with E-state index in [2.05, 4.69) is 4.72 Å². The molecular formula is C26H25N2O5PS2. The molecule has 0 heterocycles. The average Bonchev–Trinajstić information content (AvgIpc) is 2.89. The largest absolute Gasteiger partial charge is 0.309 e. The summed E-state index contributed by atoms with van der Waals surface area (Å²) in [5.74, 6) is 0. The Morgan fingerprint density at radius 2 is 1.06 bits per heavy atom. The Kier molecular flexibility index (Phi) is 7.20. The van der Waals surface area contributed by atoms with Crippen molar-refractivity contribution in [2.75, 3.05) is 18.8 Å². The van der Waals surface area contributed by atoms with E-state index in [-0.39, 0.29) is 15.5 Å². The molecule has 4 aromatic rings. The maximum Gasteiger partial charge on any atom is 0.261 e. The highest BCUT2D eigenvalue weighted by Gasteiger charge is 2.33. The number of para-hydroxylation sites is 1.